The topological polar surface area (TPSA) is 70.4 Å². The molecule has 136 valence electrons. The molecule has 27 heavy (non-hydrogen) atoms. The minimum atomic E-state index is -0.936. The summed E-state index contributed by atoms with van der Waals surface area (Å²) < 4.78 is 2.05. The van der Waals surface area contributed by atoms with Gasteiger partial charge in [-0.3, -0.25) is 4.98 Å². The molecule has 3 heterocycles. The molecule has 2 aromatic heterocycles. The summed E-state index contributed by atoms with van der Waals surface area (Å²) in [4.78, 5) is 17.6. The summed E-state index contributed by atoms with van der Waals surface area (Å²) >= 11 is 5.49. The van der Waals surface area contributed by atoms with E-state index in [0.717, 1.165) is 17.1 Å². The summed E-state index contributed by atoms with van der Waals surface area (Å²) in [5.41, 5.74) is 3.12. The molecule has 2 unspecified atom stereocenters. The fourth-order valence-corrected chi connectivity index (χ4v) is 3.70. The SMILES string of the molecule is CN1C(=S)NC(c2ccccn2)C1c1cccn1-c1ccc(C(=O)O)cc1. The molecule has 2 N–H and O–H groups in total. The highest BCUT2D eigenvalue weighted by molar-refractivity contribution is 7.80. The fraction of sp³-hybridized carbons (Fsp3) is 0.150. The molecule has 0 saturated carbocycles. The van der Waals surface area contributed by atoms with Crippen molar-refractivity contribution in [3.63, 3.8) is 0 Å². The van der Waals surface area contributed by atoms with E-state index in [-0.39, 0.29) is 17.6 Å². The summed E-state index contributed by atoms with van der Waals surface area (Å²) in [5.74, 6) is -0.936. The van der Waals surface area contributed by atoms with Crippen molar-refractivity contribution in [2.45, 2.75) is 12.1 Å². The van der Waals surface area contributed by atoms with Gasteiger partial charge in [0.05, 0.1) is 23.3 Å². The number of carbonyl (C=O) groups is 1. The molecule has 0 radical (unpaired) electrons. The Hall–Kier alpha value is -3.19. The normalized spacial score (nSPS) is 19.1. The summed E-state index contributed by atoms with van der Waals surface area (Å²) in [7, 11) is 1.97. The van der Waals surface area contributed by atoms with Crippen LogP contribution in [-0.4, -0.2) is 37.7 Å². The van der Waals surface area contributed by atoms with E-state index in [0.29, 0.717) is 5.11 Å². The number of carboxylic acids is 1. The second-order valence-electron chi connectivity index (χ2n) is 6.39. The number of aromatic carboxylic acids is 1. The van der Waals surface area contributed by atoms with Crippen LogP contribution >= 0.6 is 12.2 Å². The monoisotopic (exact) mass is 378 g/mol. The number of hydrogen-bond donors (Lipinski definition) is 2. The van der Waals surface area contributed by atoms with Crippen LogP contribution in [0.4, 0.5) is 0 Å². The smallest absolute Gasteiger partial charge is 0.335 e. The van der Waals surface area contributed by atoms with E-state index in [4.69, 9.17) is 17.3 Å². The number of nitrogens with one attached hydrogen (secondary N) is 1. The van der Waals surface area contributed by atoms with Crippen molar-refractivity contribution in [1.82, 2.24) is 19.8 Å². The van der Waals surface area contributed by atoms with Gasteiger partial charge in [-0.05, 0) is 60.7 Å². The van der Waals surface area contributed by atoms with E-state index < -0.39 is 5.97 Å². The Morgan fingerprint density at radius 2 is 1.93 bits per heavy atom. The summed E-state index contributed by atoms with van der Waals surface area (Å²) in [6.45, 7) is 0. The second kappa shape index (κ2) is 6.85. The number of nitrogens with zero attached hydrogens (tertiary/aromatic N) is 3. The van der Waals surface area contributed by atoms with Gasteiger partial charge in [-0.25, -0.2) is 4.79 Å². The van der Waals surface area contributed by atoms with E-state index >= 15 is 0 Å². The Kier molecular flexibility index (Phi) is 4.37. The lowest BCUT2D eigenvalue weighted by atomic mass is 10.0. The van der Waals surface area contributed by atoms with E-state index in [1.807, 2.05) is 54.5 Å². The highest BCUT2D eigenvalue weighted by Gasteiger charge is 2.39. The summed E-state index contributed by atoms with van der Waals surface area (Å²) in [6, 6.07) is 16.6. The zero-order valence-corrected chi connectivity index (χ0v) is 15.4. The molecular weight excluding hydrogens is 360 g/mol. The first kappa shape index (κ1) is 17.2. The van der Waals surface area contributed by atoms with E-state index in [1.165, 1.54) is 0 Å². The van der Waals surface area contributed by atoms with E-state index in [1.54, 1.807) is 18.3 Å². The third kappa shape index (κ3) is 3.06. The number of likely N-dealkylation sites (N-methyl/N-ethyl adjacent to an activating group) is 1. The zero-order chi connectivity index (χ0) is 19.0. The number of hydrogen-bond acceptors (Lipinski definition) is 3. The maximum atomic E-state index is 11.1. The Labute approximate surface area is 162 Å². The van der Waals surface area contributed by atoms with Crippen LogP contribution in [-0.2, 0) is 0 Å². The van der Waals surface area contributed by atoms with Gasteiger partial charge in [-0.2, -0.15) is 0 Å². The largest absolute Gasteiger partial charge is 0.478 e. The van der Waals surface area contributed by atoms with Crippen LogP contribution in [0.1, 0.15) is 33.8 Å². The van der Waals surface area contributed by atoms with Crippen molar-refractivity contribution in [2.75, 3.05) is 7.05 Å². The molecule has 0 aliphatic carbocycles. The van der Waals surface area contributed by atoms with Gasteiger partial charge in [0, 0.05) is 30.8 Å². The lowest BCUT2D eigenvalue weighted by molar-refractivity contribution is 0.0697. The highest BCUT2D eigenvalue weighted by atomic mass is 32.1. The van der Waals surface area contributed by atoms with Crippen LogP contribution in [0.2, 0.25) is 0 Å². The summed E-state index contributed by atoms with van der Waals surface area (Å²) in [6.07, 6.45) is 3.74. The minimum absolute atomic E-state index is 0.0402. The first-order valence-electron chi connectivity index (χ1n) is 8.51. The molecule has 7 heteroatoms. The minimum Gasteiger partial charge on any atom is -0.478 e. The van der Waals surface area contributed by atoms with Crippen LogP contribution < -0.4 is 5.32 Å². The molecule has 1 aliphatic rings. The number of rotatable bonds is 4. The predicted molar refractivity (Wildman–Crippen MR) is 106 cm³/mol. The van der Waals surface area contributed by atoms with Crippen LogP contribution in [0.25, 0.3) is 5.69 Å². The average Bonchev–Trinajstić information content (AvgIpc) is 3.27. The molecular formula is C20H18N4O2S. The van der Waals surface area contributed by atoms with Gasteiger partial charge < -0.3 is 19.9 Å². The quantitative estimate of drug-likeness (QED) is 0.680. The molecule has 1 saturated heterocycles. The fourth-order valence-electron chi connectivity index (χ4n) is 3.46. The average molecular weight is 378 g/mol. The van der Waals surface area contributed by atoms with E-state index in [2.05, 4.69) is 20.9 Å². The lowest BCUT2D eigenvalue weighted by Gasteiger charge is -2.25. The zero-order valence-electron chi connectivity index (χ0n) is 14.6. The Balaban J connectivity index is 1.75. The van der Waals surface area contributed by atoms with Gasteiger partial charge in [-0.15, -0.1) is 0 Å². The maximum Gasteiger partial charge on any atom is 0.335 e. The number of thiocarbonyl (C=S) groups is 1. The Morgan fingerprint density at radius 3 is 2.59 bits per heavy atom. The van der Waals surface area contributed by atoms with Crippen molar-refractivity contribution in [3.05, 3.63) is 83.9 Å². The van der Waals surface area contributed by atoms with Crippen molar-refractivity contribution in [2.24, 2.45) is 0 Å². The van der Waals surface area contributed by atoms with Gasteiger partial charge in [-0.1, -0.05) is 6.07 Å². The molecule has 0 bridgehead atoms. The predicted octanol–water partition coefficient (Wildman–Crippen LogP) is 3.17. The number of carboxylic acid groups (broad SMARTS) is 1. The molecule has 0 amide bonds. The molecule has 1 fully saturated rings. The molecule has 2 atom stereocenters. The van der Waals surface area contributed by atoms with Crippen LogP contribution in [0.3, 0.4) is 0 Å². The first-order chi connectivity index (χ1) is 13.1. The van der Waals surface area contributed by atoms with Gasteiger partial charge >= 0.3 is 5.97 Å². The Morgan fingerprint density at radius 1 is 1.15 bits per heavy atom. The molecule has 3 aromatic rings. The van der Waals surface area contributed by atoms with Crippen LogP contribution in [0.5, 0.6) is 0 Å². The standard InChI is InChI=1S/C20H18N4O2S/c1-23-18(17(22-20(23)27)15-5-2-3-11-21-15)16-6-4-12-24(16)14-9-7-13(8-10-14)19(25)26/h2-12,17-18H,1H3,(H,22,27)(H,25,26). The second-order valence-corrected chi connectivity index (χ2v) is 6.78. The van der Waals surface area contributed by atoms with Crippen LogP contribution in [0, 0.1) is 0 Å². The van der Waals surface area contributed by atoms with Crippen molar-refractivity contribution < 1.29 is 9.90 Å². The molecule has 1 aromatic carbocycles. The molecule has 4 rings (SSSR count). The molecule has 0 spiro atoms. The third-order valence-electron chi connectivity index (χ3n) is 4.81. The number of benzene rings is 1. The van der Waals surface area contributed by atoms with Gasteiger partial charge in [0.1, 0.15) is 0 Å². The molecule has 6 nitrogen and oxygen atoms in total. The summed E-state index contributed by atoms with van der Waals surface area (Å²) in [5, 5.41) is 13.2. The van der Waals surface area contributed by atoms with Gasteiger partial charge in [0.25, 0.3) is 0 Å². The van der Waals surface area contributed by atoms with Gasteiger partial charge in [0.2, 0.25) is 0 Å². The third-order valence-corrected chi connectivity index (χ3v) is 5.22. The van der Waals surface area contributed by atoms with Crippen molar-refractivity contribution >= 4 is 23.3 Å². The number of pyridine rings is 1. The maximum absolute atomic E-state index is 11.1. The number of aromatic nitrogens is 2. The van der Waals surface area contributed by atoms with Crippen LogP contribution in [0.15, 0.2) is 67.0 Å². The van der Waals surface area contributed by atoms with Crippen molar-refractivity contribution in [3.8, 4) is 5.69 Å². The molecule has 1 aliphatic heterocycles. The van der Waals surface area contributed by atoms with E-state index in [9.17, 15) is 4.79 Å². The van der Waals surface area contributed by atoms with Gasteiger partial charge in [0.15, 0.2) is 5.11 Å². The van der Waals surface area contributed by atoms with Crippen molar-refractivity contribution in [1.29, 1.82) is 0 Å². The highest BCUT2D eigenvalue weighted by Crippen LogP contribution is 2.38. The Bertz CT molecular complexity index is 985. The lowest BCUT2D eigenvalue weighted by Crippen LogP contribution is -2.25. The first-order valence-corrected chi connectivity index (χ1v) is 8.92.